The van der Waals surface area contributed by atoms with E-state index >= 15 is 0 Å². The van der Waals surface area contributed by atoms with Crippen molar-refractivity contribution in [1.29, 1.82) is 0 Å². The summed E-state index contributed by atoms with van der Waals surface area (Å²) in [5, 5.41) is 4.16. The number of carbonyl (C=O) groups excluding carboxylic acids is 2. The van der Waals surface area contributed by atoms with E-state index in [1.807, 2.05) is 0 Å². The second-order valence-corrected chi connectivity index (χ2v) is 10.1. The number of aromatic nitrogens is 1. The highest BCUT2D eigenvalue weighted by Gasteiger charge is 2.37. The van der Waals surface area contributed by atoms with Crippen molar-refractivity contribution in [3.63, 3.8) is 0 Å². The van der Waals surface area contributed by atoms with Gasteiger partial charge in [-0.05, 0) is 100 Å². The molecule has 2 heterocycles. The molecule has 1 fully saturated rings. The molecule has 5 nitrogen and oxygen atoms in total. The minimum absolute atomic E-state index is 0. The predicted molar refractivity (Wildman–Crippen MR) is 139 cm³/mol. The molecule has 37 heavy (non-hydrogen) atoms. The third kappa shape index (κ3) is 5.83. The number of nitrogens with zero attached hydrogens (tertiary/aromatic N) is 2. The lowest BCUT2D eigenvalue weighted by atomic mass is 9.77. The molecule has 1 saturated heterocycles. The van der Waals surface area contributed by atoms with Gasteiger partial charge in [-0.25, -0.2) is 8.78 Å². The second kappa shape index (κ2) is 11.7. The Morgan fingerprint density at radius 2 is 1.65 bits per heavy atom. The Morgan fingerprint density at radius 1 is 1.03 bits per heavy atom. The van der Waals surface area contributed by atoms with Crippen LogP contribution < -0.4 is 0 Å². The summed E-state index contributed by atoms with van der Waals surface area (Å²) in [5.74, 6) is 0.0936. The molecule has 196 valence electrons. The molecule has 0 bridgehead atoms. The predicted octanol–water partition coefficient (Wildman–Crippen LogP) is 6.72. The number of rotatable bonds is 7. The fraction of sp³-hybridized carbons (Fsp3) is 0.414. The van der Waals surface area contributed by atoms with Gasteiger partial charge >= 0.3 is 0 Å². The lowest BCUT2D eigenvalue weighted by molar-refractivity contribution is 0.0822. The van der Waals surface area contributed by atoms with Crippen molar-refractivity contribution < 1.29 is 22.9 Å². The number of hydrogen-bond acceptors (Lipinski definition) is 5. The average Bonchev–Trinajstić information content (AvgIpc) is 3.34. The van der Waals surface area contributed by atoms with Crippen LogP contribution in [0, 0.1) is 23.5 Å². The van der Waals surface area contributed by atoms with Gasteiger partial charge in [-0.1, -0.05) is 12.1 Å². The summed E-state index contributed by atoms with van der Waals surface area (Å²) >= 11 is 0. The zero-order valence-electron chi connectivity index (χ0n) is 20.8. The molecule has 1 aromatic heterocycles. The number of benzene rings is 2. The van der Waals surface area contributed by atoms with Crippen LogP contribution in [-0.4, -0.2) is 41.3 Å². The van der Waals surface area contributed by atoms with E-state index in [-0.39, 0.29) is 53.4 Å². The van der Waals surface area contributed by atoms with Gasteiger partial charge in [0.05, 0.1) is 5.56 Å². The van der Waals surface area contributed by atoms with Crippen molar-refractivity contribution in [2.75, 3.05) is 19.6 Å². The molecule has 2 aliphatic rings. The van der Waals surface area contributed by atoms with Crippen molar-refractivity contribution in [3.05, 3.63) is 77.1 Å². The van der Waals surface area contributed by atoms with Crippen LogP contribution >= 0.6 is 12.4 Å². The maximum atomic E-state index is 13.4. The standard InChI is InChI=1S/C29H30F2N2O3.ClH/c1-18-17-22(28(35)25-26(32-36-29(18)25)19-4-8-23(30)9-5-19)3-2-14-33-15-12-21(13-16-33)27(34)20-6-10-24(31)11-7-20;/h4-11,18,21-22H,2-3,12-17H2,1H3;1H. The first-order valence-electron chi connectivity index (χ1n) is 12.7. The maximum absolute atomic E-state index is 13.4. The summed E-state index contributed by atoms with van der Waals surface area (Å²) in [6, 6.07) is 11.8. The van der Waals surface area contributed by atoms with Crippen LogP contribution in [0.4, 0.5) is 8.78 Å². The van der Waals surface area contributed by atoms with Gasteiger partial charge in [-0.15, -0.1) is 12.4 Å². The highest BCUT2D eigenvalue weighted by atomic mass is 35.5. The number of ketones is 2. The van der Waals surface area contributed by atoms with Crippen molar-refractivity contribution >= 4 is 24.0 Å². The molecule has 0 spiro atoms. The fourth-order valence-corrected chi connectivity index (χ4v) is 5.61. The summed E-state index contributed by atoms with van der Waals surface area (Å²) < 4.78 is 32.1. The number of halogens is 3. The molecule has 0 N–H and O–H groups in total. The molecule has 5 rings (SSSR count). The van der Waals surface area contributed by atoms with E-state index in [4.69, 9.17) is 4.52 Å². The Morgan fingerprint density at radius 3 is 2.30 bits per heavy atom. The van der Waals surface area contributed by atoms with E-state index in [0.717, 1.165) is 51.7 Å². The van der Waals surface area contributed by atoms with Gasteiger partial charge in [0.25, 0.3) is 0 Å². The smallest absolute Gasteiger partial charge is 0.171 e. The topological polar surface area (TPSA) is 63.4 Å². The summed E-state index contributed by atoms with van der Waals surface area (Å²) in [4.78, 5) is 28.5. The van der Waals surface area contributed by atoms with Gasteiger partial charge < -0.3 is 9.42 Å². The lowest BCUT2D eigenvalue weighted by Crippen LogP contribution is -2.37. The van der Waals surface area contributed by atoms with Crippen LogP contribution in [0.2, 0.25) is 0 Å². The number of Topliss-reactive ketones (excluding diaryl/α,β-unsaturated/α-hetero) is 2. The van der Waals surface area contributed by atoms with Crippen molar-refractivity contribution in [2.45, 2.75) is 44.9 Å². The molecule has 0 radical (unpaired) electrons. The number of fused-ring (bicyclic) bond motifs is 1. The molecule has 2 unspecified atom stereocenters. The van der Waals surface area contributed by atoms with Crippen LogP contribution in [0.5, 0.6) is 0 Å². The molecule has 8 heteroatoms. The van der Waals surface area contributed by atoms with E-state index in [1.165, 1.54) is 24.3 Å². The van der Waals surface area contributed by atoms with Crippen LogP contribution in [0.25, 0.3) is 11.3 Å². The van der Waals surface area contributed by atoms with Crippen LogP contribution in [-0.2, 0) is 0 Å². The number of carbonyl (C=O) groups is 2. The first-order valence-corrected chi connectivity index (χ1v) is 12.7. The SMILES string of the molecule is CC1CC(CCCN2CCC(C(=O)c3ccc(F)cc3)CC2)C(=O)c2c(-c3ccc(F)cc3)noc21.Cl. The van der Waals surface area contributed by atoms with E-state index in [9.17, 15) is 18.4 Å². The quantitative estimate of drug-likeness (QED) is 0.318. The molecule has 0 amide bonds. The third-order valence-electron chi connectivity index (χ3n) is 7.65. The summed E-state index contributed by atoms with van der Waals surface area (Å²) in [7, 11) is 0. The van der Waals surface area contributed by atoms with Gasteiger partial charge in [0.15, 0.2) is 17.3 Å². The molecule has 2 aromatic carbocycles. The van der Waals surface area contributed by atoms with Crippen LogP contribution in [0.15, 0.2) is 53.1 Å². The molecule has 1 aliphatic carbocycles. The third-order valence-corrected chi connectivity index (χ3v) is 7.65. The summed E-state index contributed by atoms with van der Waals surface area (Å²) in [6.45, 7) is 4.63. The van der Waals surface area contributed by atoms with Gasteiger partial charge in [-0.2, -0.15) is 0 Å². The molecule has 2 atom stereocenters. The summed E-state index contributed by atoms with van der Waals surface area (Å²) in [6.07, 6.45) is 4.00. The Labute approximate surface area is 221 Å². The van der Waals surface area contributed by atoms with Crippen molar-refractivity contribution in [3.8, 4) is 11.3 Å². The van der Waals surface area contributed by atoms with Gasteiger partial charge in [0, 0.05) is 28.9 Å². The van der Waals surface area contributed by atoms with Gasteiger partial charge in [0.2, 0.25) is 0 Å². The largest absolute Gasteiger partial charge is 0.360 e. The van der Waals surface area contributed by atoms with E-state index in [0.29, 0.717) is 28.1 Å². The molecule has 1 aliphatic heterocycles. The fourth-order valence-electron chi connectivity index (χ4n) is 5.61. The molecular formula is C29H31ClF2N2O3. The first-order chi connectivity index (χ1) is 17.4. The molecular weight excluding hydrogens is 498 g/mol. The van der Waals surface area contributed by atoms with Crippen molar-refractivity contribution in [1.82, 2.24) is 10.1 Å². The Balaban J connectivity index is 0.00000320. The number of hydrogen-bond donors (Lipinski definition) is 0. The zero-order valence-corrected chi connectivity index (χ0v) is 21.6. The maximum Gasteiger partial charge on any atom is 0.171 e. The zero-order chi connectivity index (χ0) is 25.2. The first kappa shape index (κ1) is 27.1. The highest BCUT2D eigenvalue weighted by Crippen LogP contribution is 2.41. The highest BCUT2D eigenvalue weighted by molar-refractivity contribution is 6.04. The Hall–Kier alpha value is -2.90. The number of piperidine rings is 1. The Kier molecular flexibility index (Phi) is 8.55. The monoisotopic (exact) mass is 528 g/mol. The lowest BCUT2D eigenvalue weighted by Gasteiger charge is -2.32. The van der Waals surface area contributed by atoms with E-state index in [2.05, 4.69) is 17.0 Å². The van der Waals surface area contributed by atoms with Gasteiger partial charge in [0.1, 0.15) is 17.3 Å². The normalized spacial score (nSPS) is 20.4. The second-order valence-electron chi connectivity index (χ2n) is 10.1. The number of likely N-dealkylation sites (tertiary alicyclic amines) is 1. The molecule has 3 aromatic rings. The van der Waals surface area contributed by atoms with E-state index in [1.54, 1.807) is 24.3 Å². The van der Waals surface area contributed by atoms with Crippen LogP contribution in [0.3, 0.4) is 0 Å². The summed E-state index contributed by atoms with van der Waals surface area (Å²) in [5.41, 5.74) is 2.30. The minimum Gasteiger partial charge on any atom is -0.360 e. The van der Waals surface area contributed by atoms with Crippen LogP contribution in [0.1, 0.15) is 71.4 Å². The minimum atomic E-state index is -0.336. The Bertz CT molecular complexity index is 1240. The average molecular weight is 529 g/mol. The van der Waals surface area contributed by atoms with Crippen molar-refractivity contribution in [2.24, 2.45) is 11.8 Å². The van der Waals surface area contributed by atoms with E-state index < -0.39 is 0 Å². The molecule has 0 saturated carbocycles. The van der Waals surface area contributed by atoms with Gasteiger partial charge in [-0.3, -0.25) is 9.59 Å².